The number of nitrogens with zero attached hydrogens (tertiary/aromatic N) is 2. The molecule has 0 atom stereocenters. The van der Waals surface area contributed by atoms with Crippen molar-refractivity contribution in [3.63, 3.8) is 0 Å². The Morgan fingerprint density at radius 2 is 2.27 bits per heavy atom. The molecule has 1 N–H and O–H groups in total. The quantitative estimate of drug-likeness (QED) is 0.740. The highest BCUT2D eigenvalue weighted by molar-refractivity contribution is 7.15. The van der Waals surface area contributed by atoms with Gasteiger partial charge >= 0.3 is 0 Å². The number of fused-ring (bicyclic) bond motifs is 1. The fraction of sp³-hybridized carbons (Fsp3) is 0.0667. The molecule has 2 aromatic heterocycles. The Hall–Kier alpha value is -2.31. The first-order chi connectivity index (χ1) is 10.7. The largest absolute Gasteiger partial charge is 0.495 e. The molecule has 5 nitrogen and oxygen atoms in total. The normalized spacial score (nSPS) is 11.2. The summed E-state index contributed by atoms with van der Waals surface area (Å²) in [7, 11) is 1.56. The van der Waals surface area contributed by atoms with Gasteiger partial charge in [-0.25, -0.2) is 4.98 Å². The average Bonchev–Trinajstić information content (AvgIpc) is 3.06. The molecule has 0 aliphatic carbocycles. The molecule has 0 saturated heterocycles. The number of aromatic nitrogens is 2. The van der Waals surface area contributed by atoms with Crippen LogP contribution < -0.4 is 10.1 Å². The number of anilines is 1. The highest BCUT2D eigenvalue weighted by Gasteiger charge is 2.09. The second-order valence-electron chi connectivity index (χ2n) is 4.37. The molecule has 0 radical (unpaired) electrons. The number of para-hydroxylation sites is 2. The number of hydrogen-bond acceptors (Lipinski definition) is 4. The summed E-state index contributed by atoms with van der Waals surface area (Å²) in [6.07, 6.45) is 4.91. The van der Waals surface area contributed by atoms with Crippen molar-refractivity contribution in [2.45, 2.75) is 0 Å². The standard InChI is InChI=1S/C15H12ClN3O2S/c1-21-12-5-3-2-4-10(12)17-13(20)7-6-11-14(16)18-15-19(11)8-9-22-15/h2-9H,1H3,(H,17,20)/b7-6+. The van der Waals surface area contributed by atoms with E-state index in [9.17, 15) is 4.79 Å². The summed E-state index contributed by atoms with van der Waals surface area (Å²) in [5.41, 5.74) is 1.29. The van der Waals surface area contributed by atoms with Gasteiger partial charge in [-0.1, -0.05) is 23.7 Å². The number of hydrogen-bond donors (Lipinski definition) is 1. The van der Waals surface area contributed by atoms with Crippen molar-refractivity contribution in [3.05, 3.63) is 52.8 Å². The van der Waals surface area contributed by atoms with Gasteiger partial charge in [0.15, 0.2) is 10.1 Å². The maximum absolute atomic E-state index is 12.0. The van der Waals surface area contributed by atoms with Gasteiger partial charge in [0.05, 0.1) is 18.5 Å². The number of halogens is 1. The first kappa shape index (κ1) is 14.6. The van der Waals surface area contributed by atoms with Crippen LogP contribution in [0, 0.1) is 0 Å². The summed E-state index contributed by atoms with van der Waals surface area (Å²) >= 11 is 7.55. The van der Waals surface area contributed by atoms with Gasteiger partial charge in [-0.15, -0.1) is 11.3 Å². The summed E-state index contributed by atoms with van der Waals surface area (Å²) in [6.45, 7) is 0. The van der Waals surface area contributed by atoms with Crippen LogP contribution in [0.15, 0.2) is 41.9 Å². The van der Waals surface area contributed by atoms with Crippen LogP contribution in [-0.4, -0.2) is 22.4 Å². The Morgan fingerprint density at radius 1 is 1.45 bits per heavy atom. The summed E-state index contributed by atoms with van der Waals surface area (Å²) in [5.74, 6) is 0.331. The van der Waals surface area contributed by atoms with Crippen molar-refractivity contribution < 1.29 is 9.53 Å². The Kier molecular flexibility index (Phi) is 4.13. The molecule has 0 saturated carbocycles. The zero-order valence-corrected chi connectivity index (χ0v) is 13.2. The molecule has 1 aromatic carbocycles. The number of amides is 1. The lowest BCUT2D eigenvalue weighted by molar-refractivity contribution is -0.111. The lowest BCUT2D eigenvalue weighted by Gasteiger charge is -2.07. The lowest BCUT2D eigenvalue weighted by atomic mass is 10.3. The molecule has 112 valence electrons. The van der Waals surface area contributed by atoms with Crippen LogP contribution in [-0.2, 0) is 4.79 Å². The number of carbonyl (C=O) groups is 1. The summed E-state index contributed by atoms with van der Waals surface area (Å²) in [5, 5.41) is 5.04. The van der Waals surface area contributed by atoms with Gasteiger partial charge in [-0.2, -0.15) is 0 Å². The molecule has 0 bridgehead atoms. The number of benzene rings is 1. The van der Waals surface area contributed by atoms with Crippen molar-refractivity contribution in [2.75, 3.05) is 12.4 Å². The molecule has 0 fully saturated rings. The number of thiazole rings is 1. The van der Waals surface area contributed by atoms with Gasteiger partial charge in [0.1, 0.15) is 5.75 Å². The van der Waals surface area contributed by atoms with Gasteiger partial charge in [0, 0.05) is 17.7 Å². The topological polar surface area (TPSA) is 55.6 Å². The predicted octanol–water partition coefficient (Wildman–Crippen LogP) is 3.71. The molecule has 3 aromatic rings. The van der Waals surface area contributed by atoms with Crippen LogP contribution in [0.5, 0.6) is 5.75 Å². The maximum atomic E-state index is 12.0. The van der Waals surface area contributed by atoms with Crippen molar-refractivity contribution in [1.82, 2.24) is 9.38 Å². The van der Waals surface area contributed by atoms with Crippen molar-refractivity contribution in [2.24, 2.45) is 0 Å². The van der Waals surface area contributed by atoms with Gasteiger partial charge < -0.3 is 10.1 Å². The molecule has 7 heteroatoms. The van der Waals surface area contributed by atoms with Gasteiger partial charge in [0.25, 0.3) is 0 Å². The minimum Gasteiger partial charge on any atom is -0.495 e. The highest BCUT2D eigenvalue weighted by atomic mass is 35.5. The molecule has 2 heterocycles. The van der Waals surface area contributed by atoms with E-state index < -0.39 is 0 Å². The summed E-state index contributed by atoms with van der Waals surface area (Å²) in [4.78, 5) is 17.0. The van der Waals surface area contributed by atoms with Crippen LogP contribution in [0.2, 0.25) is 5.15 Å². The first-order valence-electron chi connectivity index (χ1n) is 6.42. The third-order valence-corrected chi connectivity index (χ3v) is 4.05. The molecule has 22 heavy (non-hydrogen) atoms. The van der Waals surface area contributed by atoms with E-state index in [0.717, 1.165) is 4.96 Å². The van der Waals surface area contributed by atoms with Crippen LogP contribution in [0.25, 0.3) is 11.0 Å². The van der Waals surface area contributed by atoms with Crippen molar-refractivity contribution in [1.29, 1.82) is 0 Å². The van der Waals surface area contributed by atoms with Gasteiger partial charge in [-0.3, -0.25) is 9.20 Å². The predicted molar refractivity (Wildman–Crippen MR) is 88.7 cm³/mol. The van der Waals surface area contributed by atoms with Crippen LogP contribution in [0.1, 0.15) is 5.69 Å². The Balaban J connectivity index is 1.79. The molecule has 0 aliphatic rings. The summed E-state index contributed by atoms with van der Waals surface area (Å²) < 4.78 is 7.02. The summed E-state index contributed by atoms with van der Waals surface area (Å²) in [6, 6.07) is 7.21. The average molecular weight is 334 g/mol. The molecule has 3 rings (SSSR count). The zero-order chi connectivity index (χ0) is 15.5. The minimum absolute atomic E-state index is 0.272. The smallest absolute Gasteiger partial charge is 0.248 e. The van der Waals surface area contributed by atoms with Crippen molar-refractivity contribution in [3.8, 4) is 5.75 Å². The number of carbonyl (C=O) groups excluding carboxylic acids is 1. The Bertz CT molecular complexity index is 853. The molecule has 0 aliphatic heterocycles. The van der Waals surface area contributed by atoms with E-state index in [1.165, 1.54) is 17.4 Å². The van der Waals surface area contributed by atoms with E-state index in [4.69, 9.17) is 16.3 Å². The second-order valence-corrected chi connectivity index (χ2v) is 5.60. The molecule has 1 amide bonds. The molecule has 0 spiro atoms. The third-order valence-electron chi connectivity index (χ3n) is 3.01. The fourth-order valence-electron chi connectivity index (χ4n) is 2.00. The van der Waals surface area contributed by atoms with Gasteiger partial charge in [0.2, 0.25) is 5.91 Å². The number of methoxy groups -OCH3 is 1. The minimum atomic E-state index is -0.272. The first-order valence-corrected chi connectivity index (χ1v) is 7.68. The van der Waals surface area contributed by atoms with E-state index in [1.54, 1.807) is 25.3 Å². The third kappa shape index (κ3) is 2.84. The van der Waals surface area contributed by atoms with Crippen LogP contribution in [0.3, 0.4) is 0 Å². The van der Waals surface area contributed by atoms with E-state index in [1.807, 2.05) is 28.1 Å². The molecule has 0 unspecified atom stereocenters. The lowest BCUT2D eigenvalue weighted by Crippen LogP contribution is -2.08. The fourth-order valence-corrected chi connectivity index (χ4v) is 3.01. The number of ether oxygens (including phenoxy) is 1. The Morgan fingerprint density at radius 3 is 3.09 bits per heavy atom. The molecular formula is C15H12ClN3O2S. The van der Waals surface area contributed by atoms with Crippen molar-refractivity contribution >= 4 is 45.6 Å². The second kappa shape index (κ2) is 6.21. The number of rotatable bonds is 4. The van der Waals surface area contributed by atoms with Gasteiger partial charge in [-0.05, 0) is 18.2 Å². The Labute approximate surface area is 135 Å². The van der Waals surface area contributed by atoms with E-state index in [-0.39, 0.29) is 5.91 Å². The zero-order valence-electron chi connectivity index (χ0n) is 11.6. The molecular weight excluding hydrogens is 322 g/mol. The highest BCUT2D eigenvalue weighted by Crippen LogP contribution is 2.24. The van der Waals surface area contributed by atoms with E-state index in [2.05, 4.69) is 10.3 Å². The number of nitrogens with one attached hydrogen (secondary N) is 1. The maximum Gasteiger partial charge on any atom is 0.248 e. The van der Waals surface area contributed by atoms with Crippen LogP contribution in [0.4, 0.5) is 5.69 Å². The van der Waals surface area contributed by atoms with E-state index in [0.29, 0.717) is 22.3 Å². The number of imidazole rings is 1. The SMILES string of the molecule is COc1ccccc1NC(=O)/C=C/c1c(Cl)nc2sccn12. The monoisotopic (exact) mass is 333 g/mol. The van der Waals surface area contributed by atoms with Crippen LogP contribution >= 0.6 is 22.9 Å². The van der Waals surface area contributed by atoms with E-state index >= 15 is 0 Å².